The Morgan fingerprint density at radius 1 is 1.50 bits per heavy atom. The maximum absolute atomic E-state index is 11.6. The van der Waals surface area contributed by atoms with Gasteiger partial charge in [-0.15, -0.1) is 0 Å². The second kappa shape index (κ2) is 5.32. The Hall–Kier alpha value is -3.01. The molecular formula is C10H10N6O4. The zero-order chi connectivity index (χ0) is 14.7. The zero-order valence-corrected chi connectivity index (χ0v) is 10.1. The molecule has 10 heteroatoms. The van der Waals surface area contributed by atoms with Crippen LogP contribution in [0.3, 0.4) is 0 Å². The predicted octanol–water partition coefficient (Wildman–Crippen LogP) is -0.826. The molecule has 0 fully saturated rings. The molecule has 0 aliphatic rings. The van der Waals surface area contributed by atoms with Crippen molar-refractivity contribution in [2.24, 2.45) is 5.84 Å². The number of anilines is 1. The van der Waals surface area contributed by atoms with Crippen LogP contribution in [-0.2, 0) is 6.54 Å². The summed E-state index contributed by atoms with van der Waals surface area (Å²) in [6.45, 7) is -0.0357. The number of nitro groups is 1. The fourth-order valence-electron chi connectivity index (χ4n) is 1.57. The van der Waals surface area contributed by atoms with Crippen LogP contribution in [-0.4, -0.2) is 19.5 Å². The van der Waals surface area contributed by atoms with E-state index >= 15 is 0 Å². The third-order valence-electron chi connectivity index (χ3n) is 2.50. The van der Waals surface area contributed by atoms with Gasteiger partial charge >= 0.3 is 16.9 Å². The van der Waals surface area contributed by atoms with Crippen molar-refractivity contribution in [1.29, 1.82) is 0 Å². The van der Waals surface area contributed by atoms with E-state index in [1.165, 1.54) is 6.20 Å². The van der Waals surface area contributed by atoms with Crippen molar-refractivity contribution in [1.82, 2.24) is 14.5 Å². The minimum Gasteiger partial charge on any atom is -0.324 e. The van der Waals surface area contributed by atoms with Crippen molar-refractivity contribution in [2.75, 3.05) is 5.43 Å². The molecular weight excluding hydrogens is 268 g/mol. The van der Waals surface area contributed by atoms with Crippen LogP contribution in [0, 0.1) is 10.1 Å². The highest BCUT2D eigenvalue weighted by Crippen LogP contribution is 2.07. The topological polar surface area (TPSA) is 149 Å². The molecule has 2 aromatic rings. The van der Waals surface area contributed by atoms with E-state index in [4.69, 9.17) is 5.84 Å². The average Bonchev–Trinajstić information content (AvgIpc) is 2.41. The van der Waals surface area contributed by atoms with Crippen LogP contribution >= 0.6 is 0 Å². The van der Waals surface area contributed by atoms with E-state index in [0.29, 0.717) is 11.4 Å². The van der Waals surface area contributed by atoms with E-state index in [0.717, 1.165) is 10.8 Å². The Balaban J connectivity index is 2.43. The summed E-state index contributed by atoms with van der Waals surface area (Å²) in [7, 11) is 0. The van der Waals surface area contributed by atoms with Crippen molar-refractivity contribution in [2.45, 2.75) is 6.54 Å². The summed E-state index contributed by atoms with van der Waals surface area (Å²) in [6, 6.07) is 3.19. The van der Waals surface area contributed by atoms with Gasteiger partial charge in [-0.2, -0.15) is 0 Å². The number of pyridine rings is 1. The summed E-state index contributed by atoms with van der Waals surface area (Å²) in [5.74, 6) is 5.24. The van der Waals surface area contributed by atoms with E-state index in [1.807, 2.05) is 4.98 Å². The number of hydrogen-bond acceptors (Lipinski definition) is 7. The lowest BCUT2D eigenvalue weighted by molar-refractivity contribution is -0.386. The molecule has 0 spiro atoms. The van der Waals surface area contributed by atoms with Crippen LogP contribution in [0.1, 0.15) is 5.69 Å². The number of aromatic nitrogens is 3. The minimum absolute atomic E-state index is 0.0357. The third-order valence-corrected chi connectivity index (χ3v) is 2.50. The van der Waals surface area contributed by atoms with Crippen molar-refractivity contribution in [3.8, 4) is 0 Å². The molecule has 4 N–H and O–H groups in total. The quantitative estimate of drug-likeness (QED) is 0.375. The molecule has 0 unspecified atom stereocenters. The number of nitrogens with two attached hydrogens (primary N) is 1. The molecule has 0 atom stereocenters. The van der Waals surface area contributed by atoms with Crippen molar-refractivity contribution in [3.63, 3.8) is 0 Å². The fraction of sp³-hybridized carbons (Fsp3) is 0.100. The van der Waals surface area contributed by atoms with E-state index < -0.39 is 21.9 Å². The van der Waals surface area contributed by atoms with Crippen LogP contribution in [0.5, 0.6) is 0 Å². The Morgan fingerprint density at radius 3 is 2.90 bits per heavy atom. The van der Waals surface area contributed by atoms with Crippen LogP contribution in [0.15, 0.2) is 34.1 Å². The molecule has 2 aromatic heterocycles. The second-order valence-corrected chi connectivity index (χ2v) is 3.84. The van der Waals surface area contributed by atoms with Gasteiger partial charge in [0.2, 0.25) is 0 Å². The lowest BCUT2D eigenvalue weighted by Gasteiger charge is -2.06. The Kier molecular flexibility index (Phi) is 3.57. The lowest BCUT2D eigenvalue weighted by Crippen LogP contribution is -2.31. The molecule has 10 nitrogen and oxygen atoms in total. The molecule has 0 aliphatic carbocycles. The highest BCUT2D eigenvalue weighted by molar-refractivity contribution is 5.41. The molecule has 0 amide bonds. The van der Waals surface area contributed by atoms with Gasteiger partial charge in [0.05, 0.1) is 29.0 Å². The van der Waals surface area contributed by atoms with Crippen LogP contribution < -0.4 is 22.5 Å². The molecule has 0 saturated heterocycles. The molecule has 0 aromatic carbocycles. The number of hydrogen-bond donors (Lipinski definition) is 3. The maximum Gasteiger partial charge on any atom is 0.350 e. The summed E-state index contributed by atoms with van der Waals surface area (Å²) in [5.41, 5.74) is 0.926. The Labute approximate surface area is 111 Å². The second-order valence-electron chi connectivity index (χ2n) is 3.84. The standard InChI is InChI=1S/C10H10N6O4/c11-14-6-1-2-12-7(3-6)4-15-5-8(16(19)20)9(17)13-10(15)18/h1-3,5H,4,11H2,(H,12,14)(H,13,17,18). The van der Waals surface area contributed by atoms with E-state index in [9.17, 15) is 19.7 Å². The van der Waals surface area contributed by atoms with E-state index in [2.05, 4.69) is 10.4 Å². The van der Waals surface area contributed by atoms with E-state index in [-0.39, 0.29) is 6.54 Å². The molecule has 0 radical (unpaired) electrons. The highest BCUT2D eigenvalue weighted by atomic mass is 16.6. The first-order valence-corrected chi connectivity index (χ1v) is 5.41. The van der Waals surface area contributed by atoms with Crippen LogP contribution in [0.2, 0.25) is 0 Å². The third kappa shape index (κ3) is 2.70. The van der Waals surface area contributed by atoms with Crippen LogP contribution in [0.25, 0.3) is 0 Å². The first-order chi connectivity index (χ1) is 9.51. The normalized spacial score (nSPS) is 10.2. The van der Waals surface area contributed by atoms with Gasteiger partial charge in [0, 0.05) is 6.20 Å². The zero-order valence-electron chi connectivity index (χ0n) is 10.1. The predicted molar refractivity (Wildman–Crippen MR) is 69.1 cm³/mol. The molecule has 0 aliphatic heterocycles. The van der Waals surface area contributed by atoms with Gasteiger partial charge in [-0.1, -0.05) is 0 Å². The van der Waals surface area contributed by atoms with E-state index in [1.54, 1.807) is 12.1 Å². The van der Waals surface area contributed by atoms with Crippen LogP contribution in [0.4, 0.5) is 11.4 Å². The van der Waals surface area contributed by atoms with Gasteiger partial charge in [-0.05, 0) is 12.1 Å². The van der Waals surface area contributed by atoms with Gasteiger partial charge in [-0.3, -0.25) is 35.3 Å². The summed E-state index contributed by atoms with van der Waals surface area (Å²) < 4.78 is 0.988. The number of aromatic amines is 1. The molecule has 2 heterocycles. The smallest absolute Gasteiger partial charge is 0.324 e. The summed E-state index contributed by atoms with van der Waals surface area (Å²) >= 11 is 0. The van der Waals surface area contributed by atoms with Gasteiger partial charge < -0.3 is 5.43 Å². The Morgan fingerprint density at radius 2 is 2.25 bits per heavy atom. The number of nitrogen functional groups attached to an aromatic ring is 1. The SMILES string of the molecule is NNc1ccnc(Cn2cc([N+](=O)[O-])c(=O)[nH]c2=O)c1. The highest BCUT2D eigenvalue weighted by Gasteiger charge is 2.15. The number of rotatable bonds is 4. The van der Waals surface area contributed by atoms with Crippen molar-refractivity contribution in [3.05, 3.63) is 61.2 Å². The first-order valence-electron chi connectivity index (χ1n) is 5.41. The number of hydrazine groups is 1. The molecule has 0 bridgehead atoms. The molecule has 20 heavy (non-hydrogen) atoms. The maximum atomic E-state index is 11.6. The van der Waals surface area contributed by atoms with Crippen molar-refractivity contribution >= 4 is 11.4 Å². The fourth-order valence-corrected chi connectivity index (χ4v) is 1.57. The molecule has 0 saturated carbocycles. The Bertz CT molecular complexity index is 765. The van der Waals surface area contributed by atoms with Gasteiger partial charge in [0.25, 0.3) is 0 Å². The summed E-state index contributed by atoms with van der Waals surface area (Å²) in [4.78, 5) is 38.5. The van der Waals surface area contributed by atoms with Gasteiger partial charge in [-0.25, -0.2) is 4.79 Å². The van der Waals surface area contributed by atoms with Gasteiger partial charge in [0.1, 0.15) is 0 Å². The largest absolute Gasteiger partial charge is 0.350 e. The first kappa shape index (κ1) is 13.4. The van der Waals surface area contributed by atoms with Gasteiger partial charge in [0.15, 0.2) is 0 Å². The monoisotopic (exact) mass is 278 g/mol. The minimum atomic E-state index is -1.04. The number of nitrogens with one attached hydrogen (secondary N) is 2. The molecule has 104 valence electrons. The number of H-pyrrole nitrogens is 1. The van der Waals surface area contributed by atoms with Crippen molar-refractivity contribution < 1.29 is 4.92 Å². The average molecular weight is 278 g/mol. The molecule has 2 rings (SSSR count). The summed E-state index contributed by atoms with van der Waals surface area (Å²) in [6.07, 6.45) is 2.35. The summed E-state index contributed by atoms with van der Waals surface area (Å²) in [5, 5.41) is 10.7. The lowest BCUT2D eigenvalue weighted by atomic mass is 10.3. The number of nitrogens with zero attached hydrogens (tertiary/aromatic N) is 3.